The van der Waals surface area contributed by atoms with Gasteiger partial charge in [0.25, 0.3) is 5.91 Å². The molecule has 1 N–H and O–H groups in total. The zero-order valence-electron chi connectivity index (χ0n) is 22.9. The molecule has 0 radical (unpaired) electrons. The van der Waals surface area contributed by atoms with E-state index in [4.69, 9.17) is 16.3 Å². The van der Waals surface area contributed by atoms with Crippen molar-refractivity contribution in [3.05, 3.63) is 77.4 Å². The van der Waals surface area contributed by atoms with Gasteiger partial charge in [-0.3, -0.25) is 14.4 Å². The van der Waals surface area contributed by atoms with E-state index in [2.05, 4.69) is 0 Å². The van der Waals surface area contributed by atoms with Crippen molar-refractivity contribution in [3.8, 4) is 5.75 Å². The molecule has 2 fully saturated rings. The highest BCUT2D eigenvalue weighted by Gasteiger charge is 2.71. The minimum Gasteiger partial charge on any atom is -0.494 e. The van der Waals surface area contributed by atoms with Gasteiger partial charge >= 0.3 is 0 Å². The van der Waals surface area contributed by atoms with Crippen molar-refractivity contribution in [2.45, 2.75) is 29.9 Å². The van der Waals surface area contributed by atoms with Crippen LogP contribution in [0, 0.1) is 18.8 Å². The number of amides is 3. The maximum absolute atomic E-state index is 14.4. The van der Waals surface area contributed by atoms with Gasteiger partial charge in [0.05, 0.1) is 40.5 Å². The van der Waals surface area contributed by atoms with Gasteiger partial charge in [0, 0.05) is 30.6 Å². The van der Waals surface area contributed by atoms with Crippen LogP contribution < -0.4 is 14.5 Å². The maximum atomic E-state index is 14.4. The highest BCUT2D eigenvalue weighted by Crippen LogP contribution is 2.61. The first kappa shape index (κ1) is 27.9. The van der Waals surface area contributed by atoms with E-state index >= 15 is 0 Å². The van der Waals surface area contributed by atoms with Gasteiger partial charge in [-0.15, -0.1) is 11.8 Å². The summed E-state index contributed by atoms with van der Waals surface area (Å²) in [6.07, 6.45) is 7.86. The molecule has 2 aromatic carbocycles. The van der Waals surface area contributed by atoms with Crippen LogP contribution in [0.25, 0.3) is 0 Å². The molecular formula is C31H32ClN3O5S. The highest BCUT2D eigenvalue weighted by molar-refractivity contribution is 8.02. The molecule has 8 nitrogen and oxygen atoms in total. The van der Waals surface area contributed by atoms with Crippen molar-refractivity contribution >= 4 is 52.5 Å². The van der Waals surface area contributed by atoms with Crippen molar-refractivity contribution in [1.82, 2.24) is 4.90 Å². The molecule has 4 aliphatic rings. The Morgan fingerprint density at radius 1 is 1.02 bits per heavy atom. The summed E-state index contributed by atoms with van der Waals surface area (Å²) in [4.78, 5) is 47.7. The van der Waals surface area contributed by atoms with Crippen molar-refractivity contribution in [2.75, 3.05) is 42.6 Å². The molecule has 1 unspecified atom stereocenters. The molecule has 10 heteroatoms. The van der Waals surface area contributed by atoms with E-state index in [0.29, 0.717) is 23.9 Å². The van der Waals surface area contributed by atoms with Gasteiger partial charge in [0.1, 0.15) is 11.8 Å². The number of β-amino-alcohol motifs (C(OH)–C–C–N with tert-alkyl or cyclic N) is 1. The van der Waals surface area contributed by atoms with E-state index in [1.807, 2.05) is 74.5 Å². The number of nitrogens with zero attached hydrogens (tertiary/aromatic N) is 3. The average molecular weight is 594 g/mol. The number of aryl methyl sites for hydroxylation is 1. The number of carbonyl (C=O) groups excluding carboxylic acids is 3. The van der Waals surface area contributed by atoms with Crippen LogP contribution in [0.1, 0.15) is 12.5 Å². The van der Waals surface area contributed by atoms with Crippen molar-refractivity contribution < 1.29 is 24.2 Å². The molecule has 0 aromatic heterocycles. The molecule has 0 saturated carbocycles. The van der Waals surface area contributed by atoms with Gasteiger partial charge in [0.2, 0.25) is 11.8 Å². The molecule has 0 bridgehead atoms. The molecule has 0 aliphatic carbocycles. The lowest BCUT2D eigenvalue weighted by Crippen LogP contribution is -2.54. The van der Waals surface area contributed by atoms with E-state index in [1.165, 1.54) is 16.7 Å². The molecule has 4 aliphatic heterocycles. The molecule has 6 rings (SSSR count). The summed E-state index contributed by atoms with van der Waals surface area (Å²) < 4.78 is 4.60. The first-order valence-corrected chi connectivity index (χ1v) is 15.1. The quantitative estimate of drug-likeness (QED) is 0.512. The van der Waals surface area contributed by atoms with Crippen LogP contribution in [-0.2, 0) is 14.4 Å². The van der Waals surface area contributed by atoms with Gasteiger partial charge in [-0.05, 0) is 49.7 Å². The Morgan fingerprint density at radius 2 is 1.78 bits per heavy atom. The Kier molecular flexibility index (Phi) is 7.38. The highest BCUT2D eigenvalue weighted by atomic mass is 35.5. The first-order chi connectivity index (χ1) is 19.8. The lowest BCUT2D eigenvalue weighted by Gasteiger charge is -2.35. The molecule has 214 valence electrons. The average Bonchev–Trinajstić information content (AvgIpc) is 3.26. The number of anilines is 2. The number of para-hydroxylation sites is 1. The predicted molar refractivity (Wildman–Crippen MR) is 160 cm³/mol. The number of hydrogen-bond acceptors (Lipinski definition) is 6. The molecule has 2 aromatic rings. The van der Waals surface area contributed by atoms with E-state index in [0.717, 1.165) is 17.0 Å². The number of benzene rings is 2. The summed E-state index contributed by atoms with van der Waals surface area (Å²) in [5.74, 6) is -1.41. The number of carbonyl (C=O) groups is 3. The summed E-state index contributed by atoms with van der Waals surface area (Å²) in [6, 6.07) is 12.0. The number of thioether (sulfide) groups is 1. The second-order valence-corrected chi connectivity index (χ2v) is 12.6. The zero-order valence-corrected chi connectivity index (χ0v) is 24.5. The number of likely N-dealkylation sites (tertiary alicyclic amines) is 1. The monoisotopic (exact) mass is 593 g/mol. The Balaban J connectivity index is 1.41. The fourth-order valence-corrected chi connectivity index (χ4v) is 9.10. The zero-order chi connectivity index (χ0) is 28.9. The summed E-state index contributed by atoms with van der Waals surface area (Å²) in [5.41, 5.74) is 2.17. The predicted octanol–water partition coefficient (Wildman–Crippen LogP) is 3.84. The third kappa shape index (κ3) is 4.37. The van der Waals surface area contributed by atoms with Crippen LogP contribution in [0.15, 0.2) is 66.8 Å². The van der Waals surface area contributed by atoms with Crippen LogP contribution >= 0.6 is 23.4 Å². The Labute approximate surface area is 248 Å². The van der Waals surface area contributed by atoms with E-state index in [9.17, 15) is 19.5 Å². The molecule has 3 amide bonds. The molecule has 4 heterocycles. The number of fused-ring (bicyclic) bond motifs is 2. The second-order valence-electron chi connectivity index (χ2n) is 10.7. The van der Waals surface area contributed by atoms with E-state index in [1.54, 1.807) is 15.9 Å². The van der Waals surface area contributed by atoms with Gasteiger partial charge in [0.15, 0.2) is 0 Å². The maximum Gasteiger partial charge on any atom is 0.251 e. The number of ether oxygens (including phenoxy) is 1. The fraction of sp³-hybridized carbons (Fsp3) is 0.387. The first-order valence-electron chi connectivity index (χ1n) is 13.9. The third-order valence-corrected chi connectivity index (χ3v) is 10.5. The number of halogens is 1. The number of aliphatic hydroxyl groups is 1. The standard InChI is InChI=1S/C31H32ClN3O5S/c1-3-40-21-12-10-20(11-13-21)33-15-5-9-23-24(28(33)37)25-29(38)35(17-18-36)27-30(39)34(16-6-14-31(25,27)41-23)26-19(2)7-4-8-22(26)32/h4-14,23-25,27,36H,3,15-18H2,1-2H3/t23-,24+,25+,27?,31+/m1/s1. The van der Waals surface area contributed by atoms with Crippen molar-refractivity contribution in [3.63, 3.8) is 0 Å². The summed E-state index contributed by atoms with van der Waals surface area (Å²) in [5, 5.41) is 10.1. The Bertz CT molecular complexity index is 1430. The van der Waals surface area contributed by atoms with E-state index < -0.39 is 22.6 Å². The fourth-order valence-electron chi connectivity index (χ4n) is 6.77. The number of hydrogen-bond donors (Lipinski definition) is 1. The van der Waals surface area contributed by atoms with Gasteiger partial charge in [-0.1, -0.05) is 48.0 Å². The van der Waals surface area contributed by atoms with Crippen molar-refractivity contribution in [2.24, 2.45) is 11.8 Å². The molecular weight excluding hydrogens is 562 g/mol. The lowest BCUT2D eigenvalue weighted by atomic mass is 9.78. The largest absolute Gasteiger partial charge is 0.494 e. The summed E-state index contributed by atoms with van der Waals surface area (Å²) in [6.45, 7) is 4.73. The van der Waals surface area contributed by atoms with Crippen LogP contribution in [0.2, 0.25) is 5.02 Å². The van der Waals surface area contributed by atoms with Crippen LogP contribution in [0.4, 0.5) is 11.4 Å². The van der Waals surface area contributed by atoms with Crippen molar-refractivity contribution in [1.29, 1.82) is 0 Å². The summed E-state index contributed by atoms with van der Waals surface area (Å²) >= 11 is 8.10. The molecule has 1 spiro atoms. The van der Waals surface area contributed by atoms with Crippen LogP contribution in [0.3, 0.4) is 0 Å². The summed E-state index contributed by atoms with van der Waals surface area (Å²) in [7, 11) is 0. The van der Waals surface area contributed by atoms with Crippen LogP contribution in [-0.4, -0.2) is 76.6 Å². The minimum atomic E-state index is -0.968. The van der Waals surface area contributed by atoms with E-state index in [-0.39, 0.29) is 42.7 Å². The smallest absolute Gasteiger partial charge is 0.251 e. The number of rotatable bonds is 6. The molecule has 5 atom stereocenters. The molecule has 41 heavy (non-hydrogen) atoms. The number of aliphatic hydroxyl groups excluding tert-OH is 1. The normalized spacial score (nSPS) is 28.9. The topological polar surface area (TPSA) is 90.4 Å². The second kappa shape index (κ2) is 10.9. The van der Waals surface area contributed by atoms with Crippen LogP contribution in [0.5, 0.6) is 5.75 Å². The van der Waals surface area contributed by atoms with Gasteiger partial charge in [-0.25, -0.2) is 0 Å². The molecule has 2 saturated heterocycles. The minimum absolute atomic E-state index is 0.00125. The SMILES string of the molecule is CCOc1ccc(N2CC=C[C@H]3S[C@]45C=CCN(c6c(C)cccc6Cl)C(=O)C4N(CCO)C(=O)[C@@H]5[C@H]3C2=O)cc1. The third-order valence-electron chi connectivity index (χ3n) is 8.42. The lowest BCUT2D eigenvalue weighted by molar-refractivity contribution is -0.139. The Morgan fingerprint density at radius 3 is 2.49 bits per heavy atom. The van der Waals surface area contributed by atoms with Gasteiger partial charge < -0.3 is 24.5 Å². The Hall–Kier alpha value is -3.27. The van der Waals surface area contributed by atoms with Gasteiger partial charge in [-0.2, -0.15) is 0 Å².